The average Bonchev–Trinajstić information content (AvgIpc) is 2.99. The first-order chi connectivity index (χ1) is 14.3. The maximum atomic E-state index is 13.0. The van der Waals surface area contributed by atoms with Crippen LogP contribution in [-0.4, -0.2) is 47.0 Å². The summed E-state index contributed by atoms with van der Waals surface area (Å²) in [7, 11) is 0. The number of para-hydroxylation sites is 1. The Morgan fingerprint density at radius 2 is 1.69 bits per heavy atom. The molecule has 1 aliphatic heterocycles. The number of aromatic nitrogens is 2. The number of hydrogen-bond acceptors (Lipinski definition) is 4. The number of amides is 1. The summed E-state index contributed by atoms with van der Waals surface area (Å²) in [6, 6.07) is 20.4. The van der Waals surface area contributed by atoms with Gasteiger partial charge in [0.15, 0.2) is 0 Å². The Morgan fingerprint density at radius 3 is 2.41 bits per heavy atom. The molecule has 1 aromatic heterocycles. The third kappa shape index (κ3) is 5.19. The number of rotatable bonds is 5. The van der Waals surface area contributed by atoms with Gasteiger partial charge < -0.3 is 9.80 Å². The zero-order chi connectivity index (χ0) is 19.9. The van der Waals surface area contributed by atoms with Crippen molar-refractivity contribution in [3.63, 3.8) is 0 Å². The van der Waals surface area contributed by atoms with Crippen molar-refractivity contribution in [3.8, 4) is 0 Å². The number of carbonyl (C=O) groups excluding carboxylic acids is 1. The van der Waals surface area contributed by atoms with E-state index in [-0.39, 0.29) is 5.91 Å². The molecule has 1 unspecified atom stereocenters. The molecule has 1 atom stereocenters. The molecule has 0 radical (unpaired) electrons. The summed E-state index contributed by atoms with van der Waals surface area (Å²) in [6.07, 6.45) is 6.52. The molecule has 0 saturated carbocycles. The topological polar surface area (TPSA) is 49.3 Å². The third-order valence-electron chi connectivity index (χ3n) is 5.38. The van der Waals surface area contributed by atoms with Crippen LogP contribution in [0.1, 0.15) is 11.3 Å². The minimum Gasteiger partial charge on any atom is -0.369 e. The van der Waals surface area contributed by atoms with Crippen LogP contribution in [-0.2, 0) is 17.6 Å². The van der Waals surface area contributed by atoms with Crippen LogP contribution in [0.5, 0.6) is 0 Å². The van der Waals surface area contributed by atoms with Gasteiger partial charge in [-0.25, -0.2) is 0 Å². The van der Waals surface area contributed by atoms with Crippen molar-refractivity contribution in [2.75, 3.05) is 31.1 Å². The van der Waals surface area contributed by atoms with Crippen molar-refractivity contribution >= 4 is 11.6 Å². The Labute approximate surface area is 172 Å². The van der Waals surface area contributed by atoms with Crippen LogP contribution in [0.2, 0.25) is 0 Å². The molecule has 1 saturated heterocycles. The molecule has 0 N–H and O–H groups in total. The SMILES string of the molecule is O=C(Cc1ccccc1)N1CCN(c2ccccc2)CC(Cc2cnccn2)C1. The lowest BCUT2D eigenvalue weighted by Crippen LogP contribution is -2.37. The lowest BCUT2D eigenvalue weighted by molar-refractivity contribution is -0.130. The van der Waals surface area contributed by atoms with Gasteiger partial charge in [-0.1, -0.05) is 48.5 Å². The maximum Gasteiger partial charge on any atom is 0.227 e. The van der Waals surface area contributed by atoms with Gasteiger partial charge in [-0.05, 0) is 30.0 Å². The molecule has 29 heavy (non-hydrogen) atoms. The van der Waals surface area contributed by atoms with Crippen molar-refractivity contribution in [1.82, 2.24) is 14.9 Å². The molecule has 2 aromatic carbocycles. The van der Waals surface area contributed by atoms with E-state index in [0.29, 0.717) is 12.3 Å². The highest BCUT2D eigenvalue weighted by Crippen LogP contribution is 2.21. The van der Waals surface area contributed by atoms with E-state index in [9.17, 15) is 4.79 Å². The second kappa shape index (κ2) is 9.32. The van der Waals surface area contributed by atoms with Gasteiger partial charge in [0.1, 0.15) is 0 Å². The first-order valence-electron chi connectivity index (χ1n) is 10.1. The summed E-state index contributed by atoms with van der Waals surface area (Å²) in [5.41, 5.74) is 3.24. The summed E-state index contributed by atoms with van der Waals surface area (Å²) in [6.45, 7) is 3.21. The van der Waals surface area contributed by atoms with Gasteiger partial charge in [0.25, 0.3) is 0 Å². The average molecular weight is 386 g/mol. The van der Waals surface area contributed by atoms with Gasteiger partial charge in [-0.15, -0.1) is 0 Å². The molecule has 1 aliphatic rings. The van der Waals surface area contributed by atoms with Gasteiger partial charge in [0.2, 0.25) is 5.91 Å². The van der Waals surface area contributed by atoms with Crippen LogP contribution in [0.15, 0.2) is 79.3 Å². The van der Waals surface area contributed by atoms with E-state index in [4.69, 9.17) is 0 Å². The summed E-state index contributed by atoms with van der Waals surface area (Å²) in [5.74, 6) is 0.490. The van der Waals surface area contributed by atoms with Crippen molar-refractivity contribution in [1.29, 1.82) is 0 Å². The predicted octanol–water partition coefficient (Wildman–Crippen LogP) is 3.23. The summed E-state index contributed by atoms with van der Waals surface area (Å²) in [4.78, 5) is 26.1. The lowest BCUT2D eigenvalue weighted by atomic mass is 10.0. The standard InChI is InChI=1S/C24H26N4O/c29-24(16-20-7-3-1-4-8-20)28-14-13-27(23-9-5-2-6-10-23)18-21(19-28)15-22-17-25-11-12-26-22/h1-12,17,21H,13-16,18-19H2. The number of carbonyl (C=O) groups is 1. The monoisotopic (exact) mass is 386 g/mol. The number of benzene rings is 2. The molecule has 0 aliphatic carbocycles. The van der Waals surface area contributed by atoms with E-state index in [1.54, 1.807) is 12.4 Å². The molecule has 2 heterocycles. The second-order valence-electron chi connectivity index (χ2n) is 7.55. The highest BCUT2D eigenvalue weighted by Gasteiger charge is 2.26. The molecular formula is C24H26N4O. The number of nitrogens with zero attached hydrogens (tertiary/aromatic N) is 4. The molecule has 148 valence electrons. The number of anilines is 1. The normalized spacial score (nSPS) is 17.0. The zero-order valence-corrected chi connectivity index (χ0v) is 16.5. The van der Waals surface area contributed by atoms with Crippen LogP contribution in [0, 0.1) is 5.92 Å². The maximum absolute atomic E-state index is 13.0. The Balaban J connectivity index is 1.51. The largest absolute Gasteiger partial charge is 0.369 e. The van der Waals surface area contributed by atoms with Gasteiger partial charge in [0.05, 0.1) is 12.1 Å². The predicted molar refractivity (Wildman–Crippen MR) is 115 cm³/mol. The van der Waals surface area contributed by atoms with Crippen LogP contribution >= 0.6 is 0 Å². The summed E-state index contributed by atoms with van der Waals surface area (Å²) < 4.78 is 0. The first-order valence-corrected chi connectivity index (χ1v) is 10.1. The molecule has 0 spiro atoms. The fourth-order valence-corrected chi connectivity index (χ4v) is 3.95. The summed E-state index contributed by atoms with van der Waals surface area (Å²) >= 11 is 0. The number of hydrogen-bond donors (Lipinski definition) is 0. The fraction of sp³-hybridized carbons (Fsp3) is 0.292. The van der Waals surface area contributed by atoms with Crippen LogP contribution in [0.4, 0.5) is 5.69 Å². The van der Waals surface area contributed by atoms with Crippen molar-refractivity contribution in [3.05, 3.63) is 90.5 Å². The van der Waals surface area contributed by atoms with Gasteiger partial charge in [-0.2, -0.15) is 0 Å². The minimum absolute atomic E-state index is 0.190. The van der Waals surface area contributed by atoms with Crippen LogP contribution in [0.25, 0.3) is 0 Å². The van der Waals surface area contributed by atoms with E-state index < -0.39 is 0 Å². The van der Waals surface area contributed by atoms with Crippen LogP contribution in [0.3, 0.4) is 0 Å². The summed E-state index contributed by atoms with van der Waals surface area (Å²) in [5, 5.41) is 0. The quantitative estimate of drug-likeness (QED) is 0.676. The van der Waals surface area contributed by atoms with E-state index in [1.807, 2.05) is 47.5 Å². The minimum atomic E-state index is 0.190. The van der Waals surface area contributed by atoms with Crippen LogP contribution < -0.4 is 4.90 Å². The molecule has 4 rings (SSSR count). The van der Waals surface area contributed by atoms with E-state index in [2.05, 4.69) is 39.1 Å². The van der Waals surface area contributed by atoms with Crippen molar-refractivity contribution in [2.45, 2.75) is 12.8 Å². The molecular weight excluding hydrogens is 360 g/mol. The molecule has 1 fully saturated rings. The molecule has 0 bridgehead atoms. The highest BCUT2D eigenvalue weighted by molar-refractivity contribution is 5.79. The smallest absolute Gasteiger partial charge is 0.227 e. The molecule has 1 amide bonds. The molecule has 5 heteroatoms. The fourth-order valence-electron chi connectivity index (χ4n) is 3.95. The Bertz CT molecular complexity index is 902. The highest BCUT2D eigenvalue weighted by atomic mass is 16.2. The lowest BCUT2D eigenvalue weighted by Gasteiger charge is -2.25. The van der Waals surface area contributed by atoms with Crippen molar-refractivity contribution < 1.29 is 4.79 Å². The zero-order valence-electron chi connectivity index (χ0n) is 16.5. The van der Waals surface area contributed by atoms with Crippen molar-refractivity contribution in [2.24, 2.45) is 5.92 Å². The Kier molecular flexibility index (Phi) is 6.15. The molecule has 3 aromatic rings. The van der Waals surface area contributed by atoms with E-state index in [0.717, 1.165) is 43.9 Å². The third-order valence-corrected chi connectivity index (χ3v) is 5.38. The second-order valence-corrected chi connectivity index (χ2v) is 7.55. The van der Waals surface area contributed by atoms with Gasteiger partial charge in [-0.3, -0.25) is 14.8 Å². The first kappa shape index (κ1) is 19.1. The van der Waals surface area contributed by atoms with Gasteiger partial charge >= 0.3 is 0 Å². The Hall–Kier alpha value is -3.21. The van der Waals surface area contributed by atoms with E-state index >= 15 is 0 Å². The Morgan fingerprint density at radius 1 is 0.931 bits per heavy atom. The van der Waals surface area contributed by atoms with E-state index in [1.165, 1.54) is 5.69 Å². The van der Waals surface area contributed by atoms with Gasteiger partial charge in [0, 0.05) is 50.5 Å². The molecule has 5 nitrogen and oxygen atoms in total.